The Labute approximate surface area is 129 Å². The van der Waals surface area contributed by atoms with Crippen LogP contribution in [0.15, 0.2) is 18.2 Å². The maximum absolute atomic E-state index is 6.69. The first-order valence-electron chi connectivity index (χ1n) is 9.18. The van der Waals surface area contributed by atoms with Gasteiger partial charge in [-0.25, -0.2) is 0 Å². The SMILES string of the molecule is NC(c1ccc2c(c1)CCC2)C1CCC2CCCCC2C1. The lowest BCUT2D eigenvalue weighted by Gasteiger charge is -2.41. The Morgan fingerprint density at radius 3 is 2.57 bits per heavy atom. The largest absolute Gasteiger partial charge is 0.324 e. The molecule has 0 heterocycles. The molecule has 114 valence electrons. The fraction of sp³-hybridized carbons (Fsp3) is 0.700. The first-order valence-corrected chi connectivity index (χ1v) is 9.18. The van der Waals surface area contributed by atoms with E-state index in [1.54, 1.807) is 11.1 Å². The fourth-order valence-electron chi connectivity index (χ4n) is 5.31. The third kappa shape index (κ3) is 2.65. The minimum absolute atomic E-state index is 0.277. The molecule has 0 radical (unpaired) electrons. The lowest BCUT2D eigenvalue weighted by molar-refractivity contribution is 0.117. The van der Waals surface area contributed by atoms with Crippen molar-refractivity contribution in [2.45, 2.75) is 70.3 Å². The molecular formula is C20H29N. The van der Waals surface area contributed by atoms with Crippen LogP contribution in [0, 0.1) is 17.8 Å². The molecule has 2 N–H and O–H groups in total. The molecule has 4 atom stereocenters. The second-order valence-electron chi connectivity index (χ2n) is 7.79. The molecule has 1 nitrogen and oxygen atoms in total. The van der Waals surface area contributed by atoms with Crippen molar-refractivity contribution in [1.82, 2.24) is 0 Å². The summed E-state index contributed by atoms with van der Waals surface area (Å²) in [6.45, 7) is 0. The molecule has 3 aliphatic rings. The summed E-state index contributed by atoms with van der Waals surface area (Å²) in [5.74, 6) is 2.74. The number of aryl methyl sites for hydroxylation is 2. The van der Waals surface area contributed by atoms with E-state index in [9.17, 15) is 0 Å². The molecule has 21 heavy (non-hydrogen) atoms. The van der Waals surface area contributed by atoms with Crippen LogP contribution in [0.4, 0.5) is 0 Å². The zero-order chi connectivity index (χ0) is 14.2. The molecule has 1 aromatic carbocycles. The molecule has 0 aromatic heterocycles. The summed E-state index contributed by atoms with van der Waals surface area (Å²) < 4.78 is 0. The van der Waals surface area contributed by atoms with E-state index in [0.717, 1.165) is 17.8 Å². The third-order valence-electron chi connectivity index (χ3n) is 6.60. The van der Waals surface area contributed by atoms with Crippen LogP contribution in [0.2, 0.25) is 0 Å². The second-order valence-corrected chi connectivity index (χ2v) is 7.79. The van der Waals surface area contributed by atoms with Crippen molar-refractivity contribution in [2.75, 3.05) is 0 Å². The summed E-state index contributed by atoms with van der Waals surface area (Å²) in [5.41, 5.74) is 11.2. The predicted molar refractivity (Wildman–Crippen MR) is 88.2 cm³/mol. The van der Waals surface area contributed by atoms with E-state index in [4.69, 9.17) is 5.73 Å². The molecule has 0 bridgehead atoms. The van der Waals surface area contributed by atoms with Crippen LogP contribution >= 0.6 is 0 Å². The van der Waals surface area contributed by atoms with Crippen LogP contribution < -0.4 is 5.73 Å². The van der Waals surface area contributed by atoms with Gasteiger partial charge in [-0.15, -0.1) is 0 Å². The number of fused-ring (bicyclic) bond motifs is 2. The van der Waals surface area contributed by atoms with Gasteiger partial charge in [0.25, 0.3) is 0 Å². The van der Waals surface area contributed by atoms with Gasteiger partial charge in [0.05, 0.1) is 0 Å². The average molecular weight is 283 g/mol. The quantitative estimate of drug-likeness (QED) is 0.830. The molecule has 2 fully saturated rings. The van der Waals surface area contributed by atoms with Crippen molar-refractivity contribution in [1.29, 1.82) is 0 Å². The standard InChI is InChI=1S/C20H29N/c21-20(19-11-9-15-6-3-7-17(15)13-19)18-10-8-14-4-1-2-5-16(14)12-18/h9,11,13-14,16,18,20H,1-8,10,12,21H2. The van der Waals surface area contributed by atoms with Crippen molar-refractivity contribution in [2.24, 2.45) is 23.5 Å². The zero-order valence-electron chi connectivity index (χ0n) is 13.2. The number of benzene rings is 1. The Morgan fingerprint density at radius 1 is 0.857 bits per heavy atom. The Bertz CT molecular complexity index is 507. The van der Waals surface area contributed by atoms with Gasteiger partial charge >= 0.3 is 0 Å². The Kier molecular flexibility index (Phi) is 3.79. The number of hydrogen-bond acceptors (Lipinski definition) is 1. The average Bonchev–Trinajstić information content (AvgIpc) is 3.01. The topological polar surface area (TPSA) is 26.0 Å². The van der Waals surface area contributed by atoms with E-state index >= 15 is 0 Å². The molecule has 0 aliphatic heterocycles. The monoisotopic (exact) mass is 283 g/mol. The maximum Gasteiger partial charge on any atom is 0.0323 e. The summed E-state index contributed by atoms with van der Waals surface area (Å²) in [7, 11) is 0. The van der Waals surface area contributed by atoms with Crippen LogP contribution in [0.5, 0.6) is 0 Å². The van der Waals surface area contributed by atoms with E-state index < -0.39 is 0 Å². The highest BCUT2D eigenvalue weighted by Gasteiger charge is 2.34. The van der Waals surface area contributed by atoms with Gasteiger partial charge in [0.1, 0.15) is 0 Å². The van der Waals surface area contributed by atoms with Crippen LogP contribution in [0.1, 0.15) is 74.1 Å². The van der Waals surface area contributed by atoms with Gasteiger partial charge in [0.2, 0.25) is 0 Å². The van der Waals surface area contributed by atoms with E-state index in [-0.39, 0.29) is 6.04 Å². The Hall–Kier alpha value is -0.820. The van der Waals surface area contributed by atoms with E-state index in [0.29, 0.717) is 0 Å². The zero-order valence-corrected chi connectivity index (χ0v) is 13.2. The van der Waals surface area contributed by atoms with Gasteiger partial charge in [-0.3, -0.25) is 0 Å². The summed E-state index contributed by atoms with van der Waals surface area (Å²) in [5, 5.41) is 0. The molecule has 4 rings (SSSR count). The molecular weight excluding hydrogens is 254 g/mol. The van der Waals surface area contributed by atoms with Crippen molar-refractivity contribution < 1.29 is 0 Å². The molecule has 4 unspecified atom stereocenters. The molecule has 0 spiro atoms. The Balaban J connectivity index is 1.48. The number of nitrogens with two attached hydrogens (primary N) is 1. The maximum atomic E-state index is 6.69. The molecule has 2 saturated carbocycles. The highest BCUT2D eigenvalue weighted by atomic mass is 14.7. The van der Waals surface area contributed by atoms with Crippen LogP contribution in [0.25, 0.3) is 0 Å². The summed E-state index contributed by atoms with van der Waals surface area (Å²) in [4.78, 5) is 0. The Morgan fingerprint density at radius 2 is 1.67 bits per heavy atom. The summed E-state index contributed by atoms with van der Waals surface area (Å²) in [6.07, 6.45) is 14.0. The highest BCUT2D eigenvalue weighted by Crippen LogP contribution is 2.45. The van der Waals surface area contributed by atoms with Crippen molar-refractivity contribution >= 4 is 0 Å². The fourth-order valence-corrected chi connectivity index (χ4v) is 5.31. The lowest BCUT2D eigenvalue weighted by Crippen LogP contribution is -2.33. The highest BCUT2D eigenvalue weighted by molar-refractivity contribution is 5.36. The van der Waals surface area contributed by atoms with Crippen LogP contribution in [0.3, 0.4) is 0 Å². The van der Waals surface area contributed by atoms with Gasteiger partial charge in [-0.1, -0.05) is 43.9 Å². The first-order chi connectivity index (χ1) is 10.3. The second kappa shape index (κ2) is 5.76. The lowest BCUT2D eigenvalue weighted by atomic mass is 9.65. The molecule has 0 amide bonds. The third-order valence-corrected chi connectivity index (χ3v) is 6.60. The molecule has 0 saturated heterocycles. The van der Waals surface area contributed by atoms with Crippen molar-refractivity contribution in [3.63, 3.8) is 0 Å². The van der Waals surface area contributed by atoms with E-state index in [1.807, 2.05) is 0 Å². The van der Waals surface area contributed by atoms with Crippen molar-refractivity contribution in [3.8, 4) is 0 Å². The number of hydrogen-bond donors (Lipinski definition) is 1. The smallest absolute Gasteiger partial charge is 0.0323 e. The molecule has 1 aromatic rings. The van der Waals surface area contributed by atoms with E-state index in [2.05, 4.69) is 18.2 Å². The predicted octanol–water partition coefficient (Wildman–Crippen LogP) is 4.78. The number of rotatable bonds is 2. The van der Waals surface area contributed by atoms with E-state index in [1.165, 1.54) is 69.8 Å². The first kappa shape index (κ1) is 13.8. The minimum Gasteiger partial charge on any atom is -0.324 e. The van der Waals surface area contributed by atoms with Gasteiger partial charge in [0, 0.05) is 6.04 Å². The van der Waals surface area contributed by atoms with Crippen LogP contribution in [-0.2, 0) is 12.8 Å². The van der Waals surface area contributed by atoms with Crippen molar-refractivity contribution in [3.05, 3.63) is 34.9 Å². The summed E-state index contributed by atoms with van der Waals surface area (Å²) in [6, 6.07) is 7.38. The van der Waals surface area contributed by atoms with Crippen LogP contribution in [-0.4, -0.2) is 0 Å². The van der Waals surface area contributed by atoms with Gasteiger partial charge in [-0.2, -0.15) is 0 Å². The van der Waals surface area contributed by atoms with Gasteiger partial charge in [0.15, 0.2) is 0 Å². The normalized spacial score (nSPS) is 33.3. The van der Waals surface area contributed by atoms with Gasteiger partial charge < -0.3 is 5.73 Å². The summed E-state index contributed by atoms with van der Waals surface area (Å²) >= 11 is 0. The minimum atomic E-state index is 0.277. The molecule has 3 aliphatic carbocycles. The van der Waals surface area contributed by atoms with Gasteiger partial charge in [-0.05, 0) is 73.0 Å². The molecule has 1 heteroatoms.